The lowest BCUT2D eigenvalue weighted by Gasteiger charge is -2.06. The Morgan fingerprint density at radius 1 is 1.08 bits per heavy atom. The van der Waals surface area contributed by atoms with Crippen LogP contribution in [0.25, 0.3) is 10.2 Å². The van der Waals surface area contributed by atoms with E-state index in [0.29, 0.717) is 6.54 Å². The molecule has 3 rings (SSSR count). The maximum Gasteiger partial charge on any atom is 0.234 e. The second kappa shape index (κ2) is 8.82. The zero-order valence-electron chi connectivity index (χ0n) is 14.3. The fourth-order valence-electron chi connectivity index (χ4n) is 2.38. The average molecular weight is 386 g/mol. The number of amides is 2. The van der Waals surface area contributed by atoms with Crippen LogP contribution in [-0.4, -0.2) is 28.3 Å². The molecule has 2 aromatic carbocycles. The van der Waals surface area contributed by atoms with Gasteiger partial charge < -0.3 is 10.6 Å². The summed E-state index contributed by atoms with van der Waals surface area (Å²) in [5.41, 5.74) is 2.81. The molecule has 2 amide bonds. The van der Waals surface area contributed by atoms with Gasteiger partial charge >= 0.3 is 0 Å². The van der Waals surface area contributed by atoms with Gasteiger partial charge in [0.15, 0.2) is 0 Å². The second-order valence-corrected chi connectivity index (χ2v) is 7.86. The smallest absolute Gasteiger partial charge is 0.234 e. The maximum absolute atomic E-state index is 11.9. The number of nitrogens with one attached hydrogen (secondary N) is 2. The highest BCUT2D eigenvalue weighted by atomic mass is 32.2. The van der Waals surface area contributed by atoms with Gasteiger partial charge in [0.25, 0.3) is 0 Å². The lowest BCUT2D eigenvalue weighted by molar-refractivity contribution is -0.118. The van der Waals surface area contributed by atoms with Crippen LogP contribution >= 0.6 is 23.1 Å². The lowest BCUT2D eigenvalue weighted by Crippen LogP contribution is -2.25. The summed E-state index contributed by atoms with van der Waals surface area (Å²) in [5, 5.41) is 6.55. The Bertz CT molecular complexity index is 891. The minimum absolute atomic E-state index is 0.0994. The van der Waals surface area contributed by atoms with Crippen LogP contribution in [0.2, 0.25) is 0 Å². The van der Waals surface area contributed by atoms with E-state index < -0.39 is 0 Å². The van der Waals surface area contributed by atoms with Crippen LogP contribution in [0.15, 0.2) is 48.5 Å². The molecule has 0 fully saturated rings. The summed E-state index contributed by atoms with van der Waals surface area (Å²) < 4.78 is 1.11. The molecular weight excluding hydrogens is 366 g/mol. The van der Waals surface area contributed by atoms with Crippen LogP contribution < -0.4 is 10.6 Å². The summed E-state index contributed by atoms with van der Waals surface area (Å²) in [5.74, 6) is 0.270. The highest BCUT2D eigenvalue weighted by Crippen LogP contribution is 2.21. The third-order valence-corrected chi connectivity index (χ3v) is 5.51. The number of thioether (sulfide) groups is 1. The van der Waals surface area contributed by atoms with Gasteiger partial charge in [0.1, 0.15) is 5.01 Å². The van der Waals surface area contributed by atoms with E-state index in [1.807, 2.05) is 55.5 Å². The van der Waals surface area contributed by atoms with E-state index in [0.717, 1.165) is 26.5 Å². The van der Waals surface area contributed by atoms with E-state index in [9.17, 15) is 9.59 Å². The Balaban J connectivity index is 1.38. The largest absolute Gasteiger partial charge is 0.349 e. The molecule has 0 spiro atoms. The summed E-state index contributed by atoms with van der Waals surface area (Å²) >= 11 is 2.87. The molecule has 1 heterocycles. The fraction of sp³-hybridized carbons (Fsp3) is 0.211. The summed E-state index contributed by atoms with van der Waals surface area (Å²) in [6.07, 6.45) is 0. The van der Waals surface area contributed by atoms with Crippen molar-refractivity contribution >= 4 is 50.8 Å². The Kier molecular flexibility index (Phi) is 6.25. The van der Waals surface area contributed by atoms with Gasteiger partial charge in [0.2, 0.25) is 11.8 Å². The number of fused-ring (bicyclic) bond motifs is 1. The first kappa shape index (κ1) is 18.4. The van der Waals surface area contributed by atoms with Crippen LogP contribution in [-0.2, 0) is 16.1 Å². The van der Waals surface area contributed by atoms with Crippen molar-refractivity contribution in [1.82, 2.24) is 10.3 Å². The molecular formula is C19H19N3O2S2. The van der Waals surface area contributed by atoms with Crippen molar-refractivity contribution < 1.29 is 9.59 Å². The quantitative estimate of drug-likeness (QED) is 0.652. The van der Waals surface area contributed by atoms with E-state index >= 15 is 0 Å². The van der Waals surface area contributed by atoms with Crippen LogP contribution in [0.1, 0.15) is 10.6 Å². The highest BCUT2D eigenvalue weighted by Gasteiger charge is 2.08. The zero-order valence-corrected chi connectivity index (χ0v) is 16.0. The molecule has 0 aliphatic rings. The summed E-state index contributed by atoms with van der Waals surface area (Å²) in [6, 6.07) is 15.5. The SMILES string of the molecule is Cc1cccc(NC(=O)CSCC(=O)NCc2nc3ccccc3s2)c1. The summed E-state index contributed by atoms with van der Waals surface area (Å²) in [4.78, 5) is 28.3. The fourth-order valence-corrected chi connectivity index (χ4v) is 3.93. The van der Waals surface area contributed by atoms with Crippen molar-refractivity contribution in [3.8, 4) is 0 Å². The number of carbonyl (C=O) groups is 2. The number of carbonyl (C=O) groups excluding carboxylic acids is 2. The van der Waals surface area contributed by atoms with Crippen molar-refractivity contribution in [2.75, 3.05) is 16.8 Å². The summed E-state index contributed by atoms with van der Waals surface area (Å²) in [7, 11) is 0. The predicted molar refractivity (Wildman–Crippen MR) is 109 cm³/mol. The molecule has 0 saturated heterocycles. The first-order chi connectivity index (χ1) is 12.6. The zero-order chi connectivity index (χ0) is 18.4. The average Bonchev–Trinajstić information content (AvgIpc) is 3.03. The number of aromatic nitrogens is 1. The minimum atomic E-state index is -0.112. The first-order valence-corrected chi connectivity index (χ1v) is 10.1. The van der Waals surface area contributed by atoms with E-state index in [4.69, 9.17) is 0 Å². The topological polar surface area (TPSA) is 71.1 Å². The molecule has 7 heteroatoms. The molecule has 0 aliphatic heterocycles. The molecule has 0 radical (unpaired) electrons. The molecule has 0 aliphatic carbocycles. The Hall–Kier alpha value is -2.38. The van der Waals surface area contributed by atoms with Crippen molar-refractivity contribution in [2.45, 2.75) is 13.5 Å². The third kappa shape index (κ3) is 5.31. The van der Waals surface area contributed by atoms with Gasteiger partial charge in [0.05, 0.1) is 28.3 Å². The Labute approximate surface area is 160 Å². The standard InChI is InChI=1S/C19H19N3O2S2/c1-13-5-4-6-14(9-13)21-18(24)12-25-11-17(23)20-10-19-22-15-7-2-3-8-16(15)26-19/h2-9H,10-12H2,1H3,(H,20,23)(H,21,24). The van der Waals surface area contributed by atoms with Crippen LogP contribution in [0.5, 0.6) is 0 Å². The van der Waals surface area contributed by atoms with E-state index in [2.05, 4.69) is 15.6 Å². The number of thiazole rings is 1. The Morgan fingerprint density at radius 2 is 1.88 bits per heavy atom. The van der Waals surface area contributed by atoms with Crippen molar-refractivity contribution in [3.63, 3.8) is 0 Å². The molecule has 0 atom stereocenters. The molecule has 3 aromatic rings. The van der Waals surface area contributed by atoms with Crippen molar-refractivity contribution in [3.05, 3.63) is 59.1 Å². The second-order valence-electron chi connectivity index (χ2n) is 5.76. The molecule has 0 bridgehead atoms. The van der Waals surface area contributed by atoms with E-state index in [1.165, 1.54) is 11.8 Å². The highest BCUT2D eigenvalue weighted by molar-refractivity contribution is 8.00. The number of aryl methyl sites for hydroxylation is 1. The molecule has 26 heavy (non-hydrogen) atoms. The van der Waals surface area contributed by atoms with Gasteiger partial charge in [0, 0.05) is 5.69 Å². The Morgan fingerprint density at radius 3 is 2.69 bits per heavy atom. The van der Waals surface area contributed by atoms with Crippen molar-refractivity contribution in [1.29, 1.82) is 0 Å². The van der Waals surface area contributed by atoms with Crippen LogP contribution in [0, 0.1) is 6.92 Å². The summed E-state index contributed by atoms with van der Waals surface area (Å²) in [6.45, 7) is 2.38. The van der Waals surface area contributed by atoms with E-state index in [-0.39, 0.29) is 23.3 Å². The van der Waals surface area contributed by atoms with Gasteiger partial charge in [-0.1, -0.05) is 24.3 Å². The monoisotopic (exact) mass is 385 g/mol. The molecule has 134 valence electrons. The van der Waals surface area contributed by atoms with Gasteiger partial charge in [-0.15, -0.1) is 23.1 Å². The molecule has 1 aromatic heterocycles. The van der Waals surface area contributed by atoms with Crippen LogP contribution in [0.3, 0.4) is 0 Å². The predicted octanol–water partition coefficient (Wildman–Crippen LogP) is 3.59. The number of para-hydroxylation sites is 1. The number of rotatable bonds is 7. The first-order valence-electron chi connectivity index (χ1n) is 8.15. The third-order valence-electron chi connectivity index (χ3n) is 3.54. The number of anilines is 1. The van der Waals surface area contributed by atoms with Crippen LogP contribution in [0.4, 0.5) is 5.69 Å². The lowest BCUT2D eigenvalue weighted by atomic mass is 10.2. The number of hydrogen-bond acceptors (Lipinski definition) is 5. The maximum atomic E-state index is 11.9. The van der Waals surface area contributed by atoms with Gasteiger partial charge in [-0.05, 0) is 36.8 Å². The van der Waals surface area contributed by atoms with Crippen molar-refractivity contribution in [2.24, 2.45) is 0 Å². The normalized spacial score (nSPS) is 10.7. The molecule has 0 unspecified atom stereocenters. The molecule has 2 N–H and O–H groups in total. The molecule has 5 nitrogen and oxygen atoms in total. The van der Waals surface area contributed by atoms with Gasteiger partial charge in [-0.3, -0.25) is 9.59 Å². The number of nitrogens with zero attached hydrogens (tertiary/aromatic N) is 1. The van der Waals surface area contributed by atoms with Gasteiger partial charge in [-0.25, -0.2) is 4.98 Å². The minimum Gasteiger partial charge on any atom is -0.349 e. The number of hydrogen-bond donors (Lipinski definition) is 2. The number of benzene rings is 2. The van der Waals surface area contributed by atoms with Gasteiger partial charge in [-0.2, -0.15) is 0 Å². The molecule has 0 saturated carbocycles. The van der Waals surface area contributed by atoms with E-state index in [1.54, 1.807) is 11.3 Å².